The molecular formula is C15H21N5. The summed E-state index contributed by atoms with van der Waals surface area (Å²) in [5.41, 5.74) is 2.27. The molecule has 1 aromatic carbocycles. The Labute approximate surface area is 119 Å². The molecule has 0 spiro atoms. The van der Waals surface area contributed by atoms with Gasteiger partial charge in [-0.2, -0.15) is 0 Å². The summed E-state index contributed by atoms with van der Waals surface area (Å²) >= 11 is 0. The van der Waals surface area contributed by atoms with E-state index in [-0.39, 0.29) is 0 Å². The van der Waals surface area contributed by atoms with Gasteiger partial charge in [-0.25, -0.2) is 0 Å². The van der Waals surface area contributed by atoms with E-state index in [0.29, 0.717) is 6.04 Å². The van der Waals surface area contributed by atoms with E-state index in [1.54, 1.807) is 6.33 Å². The van der Waals surface area contributed by atoms with Gasteiger partial charge in [-0.15, -0.1) is 10.2 Å². The van der Waals surface area contributed by atoms with Crippen LogP contribution in [0.4, 0.5) is 5.69 Å². The summed E-state index contributed by atoms with van der Waals surface area (Å²) in [6.07, 6.45) is 4.13. The van der Waals surface area contributed by atoms with E-state index in [1.165, 1.54) is 31.6 Å². The number of nitrogens with zero attached hydrogens (tertiary/aromatic N) is 4. The van der Waals surface area contributed by atoms with Crippen LogP contribution in [-0.4, -0.2) is 45.8 Å². The summed E-state index contributed by atoms with van der Waals surface area (Å²) < 4.78 is 1.94. The standard InChI is InChI=1S/C15H21N5/c1-19-8-6-13(7-9-19)17-14-5-3-4-12(10-14)15-18-16-11-20(15)2/h3-5,10-11,13,17H,6-9H2,1-2H3. The molecule has 0 bridgehead atoms. The first-order valence-corrected chi connectivity index (χ1v) is 7.12. The third kappa shape index (κ3) is 2.82. The second-order valence-electron chi connectivity index (χ2n) is 5.57. The number of hydrogen-bond acceptors (Lipinski definition) is 4. The smallest absolute Gasteiger partial charge is 0.163 e. The number of nitrogens with one attached hydrogen (secondary N) is 1. The van der Waals surface area contributed by atoms with E-state index in [2.05, 4.69) is 51.7 Å². The predicted octanol–water partition coefficient (Wildman–Crippen LogP) is 1.99. The summed E-state index contributed by atoms with van der Waals surface area (Å²) in [5, 5.41) is 11.7. The maximum Gasteiger partial charge on any atom is 0.163 e. The fourth-order valence-electron chi connectivity index (χ4n) is 2.68. The highest BCUT2D eigenvalue weighted by Gasteiger charge is 2.16. The second kappa shape index (κ2) is 5.63. The Morgan fingerprint density at radius 2 is 2.00 bits per heavy atom. The lowest BCUT2D eigenvalue weighted by Gasteiger charge is -2.30. The molecule has 106 valence electrons. The van der Waals surface area contributed by atoms with Crippen LogP contribution in [0.5, 0.6) is 0 Å². The zero-order valence-electron chi connectivity index (χ0n) is 12.1. The van der Waals surface area contributed by atoms with E-state index in [1.807, 2.05) is 11.6 Å². The van der Waals surface area contributed by atoms with Gasteiger partial charge < -0.3 is 14.8 Å². The van der Waals surface area contributed by atoms with Crippen molar-refractivity contribution in [2.45, 2.75) is 18.9 Å². The van der Waals surface area contributed by atoms with Gasteiger partial charge in [0.2, 0.25) is 0 Å². The van der Waals surface area contributed by atoms with Crippen molar-refractivity contribution in [2.24, 2.45) is 7.05 Å². The summed E-state index contributed by atoms with van der Waals surface area (Å²) in [7, 11) is 4.15. The normalized spacial score (nSPS) is 17.3. The topological polar surface area (TPSA) is 46.0 Å². The number of aromatic nitrogens is 3. The van der Waals surface area contributed by atoms with E-state index in [9.17, 15) is 0 Å². The molecule has 1 aliphatic heterocycles. The minimum atomic E-state index is 0.570. The molecule has 1 fully saturated rings. The molecule has 5 nitrogen and oxygen atoms in total. The zero-order valence-corrected chi connectivity index (χ0v) is 12.1. The van der Waals surface area contributed by atoms with Gasteiger partial charge in [-0.3, -0.25) is 0 Å². The SMILES string of the molecule is CN1CCC(Nc2cccc(-c3nncn3C)c2)CC1. The monoisotopic (exact) mass is 271 g/mol. The van der Waals surface area contributed by atoms with Crippen molar-refractivity contribution in [3.05, 3.63) is 30.6 Å². The molecule has 0 atom stereocenters. The fraction of sp³-hybridized carbons (Fsp3) is 0.467. The molecule has 2 aromatic rings. The van der Waals surface area contributed by atoms with E-state index in [0.717, 1.165) is 11.4 Å². The van der Waals surface area contributed by atoms with Gasteiger partial charge in [0.1, 0.15) is 6.33 Å². The van der Waals surface area contributed by atoms with Crippen LogP contribution in [0, 0.1) is 0 Å². The summed E-state index contributed by atoms with van der Waals surface area (Å²) in [6.45, 7) is 2.33. The zero-order chi connectivity index (χ0) is 13.9. The van der Waals surface area contributed by atoms with Crippen LogP contribution >= 0.6 is 0 Å². The van der Waals surface area contributed by atoms with Crippen LogP contribution in [-0.2, 0) is 7.05 Å². The van der Waals surface area contributed by atoms with Crippen LogP contribution in [0.15, 0.2) is 30.6 Å². The van der Waals surface area contributed by atoms with Gasteiger partial charge in [0.05, 0.1) is 0 Å². The Hall–Kier alpha value is -1.88. The quantitative estimate of drug-likeness (QED) is 0.927. The van der Waals surface area contributed by atoms with Crippen LogP contribution in [0.2, 0.25) is 0 Å². The minimum absolute atomic E-state index is 0.570. The molecule has 20 heavy (non-hydrogen) atoms. The number of anilines is 1. The van der Waals surface area contributed by atoms with Crippen molar-refractivity contribution in [1.82, 2.24) is 19.7 Å². The van der Waals surface area contributed by atoms with Gasteiger partial charge >= 0.3 is 0 Å². The molecule has 0 unspecified atom stereocenters. The Balaban J connectivity index is 1.73. The third-order valence-corrected chi connectivity index (χ3v) is 3.92. The second-order valence-corrected chi connectivity index (χ2v) is 5.57. The van der Waals surface area contributed by atoms with Crippen molar-refractivity contribution >= 4 is 5.69 Å². The van der Waals surface area contributed by atoms with Crippen molar-refractivity contribution in [1.29, 1.82) is 0 Å². The maximum atomic E-state index is 4.16. The van der Waals surface area contributed by atoms with E-state index < -0.39 is 0 Å². The van der Waals surface area contributed by atoms with Gasteiger partial charge in [0.25, 0.3) is 0 Å². The van der Waals surface area contributed by atoms with Crippen molar-refractivity contribution in [3.8, 4) is 11.4 Å². The highest BCUT2D eigenvalue weighted by Crippen LogP contribution is 2.22. The molecular weight excluding hydrogens is 250 g/mol. The lowest BCUT2D eigenvalue weighted by molar-refractivity contribution is 0.264. The van der Waals surface area contributed by atoms with Crippen LogP contribution < -0.4 is 5.32 Å². The highest BCUT2D eigenvalue weighted by molar-refractivity contribution is 5.62. The number of rotatable bonds is 3. The number of piperidine rings is 1. The van der Waals surface area contributed by atoms with Crippen molar-refractivity contribution in [3.63, 3.8) is 0 Å². The molecule has 0 saturated carbocycles. The maximum absolute atomic E-state index is 4.16. The van der Waals surface area contributed by atoms with E-state index >= 15 is 0 Å². The lowest BCUT2D eigenvalue weighted by atomic mass is 10.0. The third-order valence-electron chi connectivity index (χ3n) is 3.92. The molecule has 0 aliphatic carbocycles. The van der Waals surface area contributed by atoms with Crippen molar-refractivity contribution < 1.29 is 0 Å². The molecule has 0 amide bonds. The van der Waals surface area contributed by atoms with Gasteiger partial charge in [0.15, 0.2) is 5.82 Å². The molecule has 1 saturated heterocycles. The summed E-state index contributed by atoms with van der Waals surface area (Å²) in [4.78, 5) is 2.38. The molecule has 1 N–H and O–H groups in total. The van der Waals surface area contributed by atoms with Crippen LogP contribution in [0.3, 0.4) is 0 Å². The molecule has 3 rings (SSSR count). The van der Waals surface area contributed by atoms with Crippen molar-refractivity contribution in [2.75, 3.05) is 25.5 Å². The first-order chi connectivity index (χ1) is 9.72. The lowest BCUT2D eigenvalue weighted by Crippen LogP contribution is -2.36. The van der Waals surface area contributed by atoms with E-state index in [4.69, 9.17) is 0 Å². The molecule has 2 heterocycles. The Morgan fingerprint density at radius 3 is 2.70 bits per heavy atom. The van der Waals surface area contributed by atoms with Gasteiger partial charge in [-0.1, -0.05) is 12.1 Å². The van der Waals surface area contributed by atoms with Gasteiger partial charge in [-0.05, 0) is 45.1 Å². The van der Waals surface area contributed by atoms with Crippen LogP contribution in [0.1, 0.15) is 12.8 Å². The van der Waals surface area contributed by atoms with Crippen LogP contribution in [0.25, 0.3) is 11.4 Å². The minimum Gasteiger partial charge on any atom is -0.382 e. The summed E-state index contributed by atoms with van der Waals surface area (Å²) in [5.74, 6) is 0.900. The summed E-state index contributed by atoms with van der Waals surface area (Å²) in [6, 6.07) is 8.99. The Morgan fingerprint density at radius 1 is 1.20 bits per heavy atom. The fourth-order valence-corrected chi connectivity index (χ4v) is 2.68. The number of aryl methyl sites for hydroxylation is 1. The first-order valence-electron chi connectivity index (χ1n) is 7.12. The number of hydrogen-bond donors (Lipinski definition) is 1. The Bertz CT molecular complexity index is 569. The molecule has 1 aromatic heterocycles. The molecule has 1 aliphatic rings. The number of benzene rings is 1. The average Bonchev–Trinajstić information content (AvgIpc) is 2.88. The predicted molar refractivity (Wildman–Crippen MR) is 80.6 cm³/mol. The Kier molecular flexibility index (Phi) is 3.69. The largest absolute Gasteiger partial charge is 0.382 e. The molecule has 0 radical (unpaired) electrons. The number of likely N-dealkylation sites (tertiary alicyclic amines) is 1. The average molecular weight is 271 g/mol. The highest BCUT2D eigenvalue weighted by atomic mass is 15.2. The molecule has 5 heteroatoms. The first kappa shape index (κ1) is 13.1. The van der Waals surface area contributed by atoms with Gasteiger partial charge in [0, 0.05) is 24.3 Å².